The summed E-state index contributed by atoms with van der Waals surface area (Å²) < 4.78 is 23.7. The fourth-order valence-electron chi connectivity index (χ4n) is 2.67. The van der Waals surface area contributed by atoms with Crippen LogP contribution in [0.1, 0.15) is 29.3 Å². The number of fused-ring (bicyclic) bond motifs is 1. The Hall–Kier alpha value is -1.44. The van der Waals surface area contributed by atoms with Gasteiger partial charge in [-0.05, 0) is 36.1 Å². The van der Waals surface area contributed by atoms with Gasteiger partial charge in [0.1, 0.15) is 0 Å². The second-order valence-electron chi connectivity index (χ2n) is 5.20. The molecule has 1 heterocycles. The molecule has 0 saturated heterocycles. The minimum atomic E-state index is -3.48. The van der Waals surface area contributed by atoms with Crippen LogP contribution in [0.2, 0.25) is 5.02 Å². The van der Waals surface area contributed by atoms with Gasteiger partial charge in [-0.25, -0.2) is 18.2 Å². The van der Waals surface area contributed by atoms with Crippen molar-refractivity contribution >= 4 is 21.6 Å². The third-order valence-corrected chi connectivity index (χ3v) is 4.68. The highest BCUT2D eigenvalue weighted by molar-refractivity contribution is 7.89. The smallest absolute Gasteiger partial charge is 0.209 e. The van der Waals surface area contributed by atoms with Crippen LogP contribution in [0.5, 0.6) is 0 Å². The summed E-state index contributed by atoms with van der Waals surface area (Å²) in [5.74, 6) is -0.122. The fourth-order valence-corrected chi connectivity index (χ4v) is 3.35. The number of hydrogen-bond donors (Lipinski definition) is 1. The number of hydrogen-bond acceptors (Lipinski definition) is 4. The van der Waals surface area contributed by atoms with Crippen LogP contribution in [-0.4, -0.2) is 29.2 Å². The molecule has 0 aliphatic heterocycles. The first-order valence-corrected chi connectivity index (χ1v) is 8.71. The van der Waals surface area contributed by atoms with E-state index in [2.05, 4.69) is 10.3 Å². The maximum absolute atomic E-state index is 11.0. The first kappa shape index (κ1) is 14.5. The molecule has 0 unspecified atom stereocenters. The number of rotatable bonds is 4. The molecule has 2 aromatic rings. The standard InChI is InChI=1S/C13H15ClN4O2S/c14-10-2-3-12-9(7-10)1-4-13(12)18-8-11(16-17-18)5-6-21(15,19)20/h2-3,7-8,13H,1,4-6H2,(H2,15,19,20)/t13-/m1/s1. The largest absolute Gasteiger partial charge is 0.245 e. The zero-order chi connectivity index (χ0) is 15.0. The Labute approximate surface area is 128 Å². The Morgan fingerprint density at radius 1 is 1.43 bits per heavy atom. The molecule has 112 valence electrons. The van der Waals surface area contributed by atoms with Crippen LogP contribution in [-0.2, 0) is 22.9 Å². The molecule has 0 spiro atoms. The number of benzene rings is 1. The Kier molecular flexibility index (Phi) is 3.73. The van der Waals surface area contributed by atoms with Crippen molar-refractivity contribution < 1.29 is 8.42 Å². The van der Waals surface area contributed by atoms with Gasteiger partial charge < -0.3 is 0 Å². The summed E-state index contributed by atoms with van der Waals surface area (Å²) in [5, 5.41) is 13.9. The predicted molar refractivity (Wildman–Crippen MR) is 79.6 cm³/mol. The van der Waals surface area contributed by atoms with Crippen LogP contribution in [0.4, 0.5) is 0 Å². The Bertz CT molecular complexity index is 772. The second-order valence-corrected chi connectivity index (χ2v) is 7.37. The van der Waals surface area contributed by atoms with Crippen molar-refractivity contribution in [3.63, 3.8) is 0 Å². The summed E-state index contributed by atoms with van der Waals surface area (Å²) in [6.07, 6.45) is 3.96. The van der Waals surface area contributed by atoms with Gasteiger partial charge >= 0.3 is 0 Å². The van der Waals surface area contributed by atoms with Gasteiger partial charge in [0.15, 0.2) is 0 Å². The molecule has 6 nitrogen and oxygen atoms in total. The van der Waals surface area contributed by atoms with E-state index in [1.54, 1.807) is 10.9 Å². The van der Waals surface area contributed by atoms with E-state index in [1.165, 1.54) is 11.1 Å². The summed E-state index contributed by atoms with van der Waals surface area (Å²) in [5.41, 5.74) is 3.06. The first-order chi connectivity index (χ1) is 9.92. The van der Waals surface area contributed by atoms with Gasteiger partial charge in [-0.1, -0.05) is 22.9 Å². The monoisotopic (exact) mass is 326 g/mol. The van der Waals surface area contributed by atoms with E-state index in [0.29, 0.717) is 5.69 Å². The Morgan fingerprint density at radius 3 is 3.00 bits per heavy atom. The van der Waals surface area contributed by atoms with Crippen LogP contribution >= 0.6 is 11.6 Å². The van der Waals surface area contributed by atoms with Gasteiger partial charge in [0.05, 0.1) is 17.5 Å². The molecule has 0 bridgehead atoms. The van der Waals surface area contributed by atoms with Crippen molar-refractivity contribution in [1.82, 2.24) is 15.0 Å². The number of sulfonamides is 1. The third-order valence-electron chi connectivity index (χ3n) is 3.67. The van der Waals surface area contributed by atoms with Gasteiger partial charge in [-0.2, -0.15) is 0 Å². The number of halogens is 1. The molecule has 0 saturated carbocycles. The summed E-state index contributed by atoms with van der Waals surface area (Å²) in [6, 6.07) is 6.00. The number of nitrogens with two attached hydrogens (primary N) is 1. The summed E-state index contributed by atoms with van der Waals surface area (Å²) >= 11 is 6.00. The van der Waals surface area contributed by atoms with Gasteiger partial charge in [0.2, 0.25) is 10.0 Å². The van der Waals surface area contributed by atoms with Crippen LogP contribution in [0, 0.1) is 0 Å². The predicted octanol–water partition coefficient (Wildman–Crippen LogP) is 1.30. The molecular formula is C13H15ClN4O2S. The molecular weight excluding hydrogens is 312 g/mol. The van der Waals surface area contributed by atoms with Crippen molar-refractivity contribution in [3.8, 4) is 0 Å². The molecule has 0 amide bonds. The van der Waals surface area contributed by atoms with Gasteiger partial charge in [0, 0.05) is 17.6 Å². The molecule has 0 radical (unpaired) electrons. The van der Waals surface area contributed by atoms with E-state index in [1.807, 2.05) is 18.2 Å². The molecule has 1 aliphatic rings. The minimum absolute atomic E-state index is 0.122. The zero-order valence-corrected chi connectivity index (χ0v) is 12.8. The van der Waals surface area contributed by atoms with Crippen molar-refractivity contribution in [1.29, 1.82) is 0 Å². The van der Waals surface area contributed by atoms with Crippen molar-refractivity contribution in [2.45, 2.75) is 25.3 Å². The highest BCUT2D eigenvalue weighted by Crippen LogP contribution is 2.35. The summed E-state index contributed by atoms with van der Waals surface area (Å²) in [6.45, 7) is 0. The Balaban J connectivity index is 1.79. The van der Waals surface area contributed by atoms with Gasteiger partial charge in [-0.3, -0.25) is 0 Å². The molecule has 1 aromatic carbocycles. The van der Waals surface area contributed by atoms with E-state index in [9.17, 15) is 8.42 Å². The van der Waals surface area contributed by atoms with Crippen molar-refractivity contribution in [2.75, 3.05) is 5.75 Å². The summed E-state index contributed by atoms with van der Waals surface area (Å²) in [7, 11) is -3.48. The number of nitrogens with zero attached hydrogens (tertiary/aromatic N) is 3. The molecule has 2 N–H and O–H groups in total. The van der Waals surface area contributed by atoms with Crippen molar-refractivity contribution in [3.05, 3.63) is 46.2 Å². The van der Waals surface area contributed by atoms with Gasteiger partial charge in [0.25, 0.3) is 0 Å². The van der Waals surface area contributed by atoms with Crippen LogP contribution in [0.3, 0.4) is 0 Å². The minimum Gasteiger partial charge on any atom is -0.245 e. The number of primary sulfonamides is 1. The SMILES string of the molecule is NS(=O)(=O)CCc1cn([C@@H]2CCc3cc(Cl)ccc32)nn1. The average Bonchev–Trinajstić information content (AvgIpc) is 3.00. The molecule has 1 aromatic heterocycles. The lowest BCUT2D eigenvalue weighted by molar-refractivity contribution is 0.504. The van der Waals surface area contributed by atoms with Crippen LogP contribution < -0.4 is 5.14 Å². The lowest BCUT2D eigenvalue weighted by Crippen LogP contribution is -2.18. The molecule has 0 fully saturated rings. The molecule has 21 heavy (non-hydrogen) atoms. The second kappa shape index (κ2) is 5.40. The molecule has 1 aliphatic carbocycles. The topological polar surface area (TPSA) is 90.9 Å². The normalized spacial score (nSPS) is 17.9. The maximum Gasteiger partial charge on any atom is 0.209 e. The Morgan fingerprint density at radius 2 is 2.24 bits per heavy atom. The van der Waals surface area contributed by atoms with Gasteiger partial charge in [-0.15, -0.1) is 5.10 Å². The lowest BCUT2D eigenvalue weighted by Gasteiger charge is -2.11. The van der Waals surface area contributed by atoms with E-state index in [-0.39, 0.29) is 18.2 Å². The quantitative estimate of drug-likeness (QED) is 0.916. The van der Waals surface area contributed by atoms with Crippen LogP contribution in [0.15, 0.2) is 24.4 Å². The van der Waals surface area contributed by atoms with E-state index >= 15 is 0 Å². The average molecular weight is 327 g/mol. The number of aryl methyl sites for hydroxylation is 2. The highest BCUT2D eigenvalue weighted by atomic mass is 35.5. The van der Waals surface area contributed by atoms with Crippen LogP contribution in [0.25, 0.3) is 0 Å². The van der Waals surface area contributed by atoms with E-state index < -0.39 is 10.0 Å². The lowest BCUT2D eigenvalue weighted by atomic mass is 10.1. The third kappa shape index (κ3) is 3.25. The van der Waals surface area contributed by atoms with Crippen molar-refractivity contribution in [2.24, 2.45) is 5.14 Å². The molecule has 3 rings (SSSR count). The molecule has 1 atom stereocenters. The van der Waals surface area contributed by atoms with E-state index in [0.717, 1.165) is 17.9 Å². The first-order valence-electron chi connectivity index (χ1n) is 6.62. The maximum atomic E-state index is 11.0. The van der Waals surface area contributed by atoms with E-state index in [4.69, 9.17) is 16.7 Å². The highest BCUT2D eigenvalue weighted by Gasteiger charge is 2.25. The zero-order valence-electron chi connectivity index (χ0n) is 11.2. The summed E-state index contributed by atoms with van der Waals surface area (Å²) in [4.78, 5) is 0. The fraction of sp³-hybridized carbons (Fsp3) is 0.385. The molecule has 8 heteroatoms. The number of aromatic nitrogens is 3.